The molecule has 1 heterocycles. The number of sulfonamides is 1. The van der Waals surface area contributed by atoms with Crippen molar-refractivity contribution in [3.05, 3.63) is 29.6 Å². The third-order valence-corrected chi connectivity index (χ3v) is 5.11. The van der Waals surface area contributed by atoms with E-state index < -0.39 is 32.3 Å². The molecule has 0 amide bonds. The van der Waals surface area contributed by atoms with Crippen molar-refractivity contribution in [1.82, 2.24) is 4.31 Å². The standard InChI is InChI=1S/C13H16FNO5S/c1-9-8-15(5-2-6-20-9)21(18,19)12-7-10(14)3-4-11(12)13(16)17/h3-4,7,9H,2,5-6,8H2,1H3,(H,16,17). The number of carboxylic acids is 1. The van der Waals surface area contributed by atoms with Gasteiger partial charge in [0.05, 0.1) is 16.6 Å². The number of hydrogen-bond acceptors (Lipinski definition) is 4. The minimum absolute atomic E-state index is 0.109. The maximum atomic E-state index is 13.4. The summed E-state index contributed by atoms with van der Waals surface area (Å²) in [5.41, 5.74) is -0.436. The molecule has 0 aromatic heterocycles. The monoisotopic (exact) mass is 317 g/mol. The summed E-state index contributed by atoms with van der Waals surface area (Å²) in [5.74, 6) is -2.20. The van der Waals surface area contributed by atoms with Crippen LogP contribution in [0.25, 0.3) is 0 Å². The Morgan fingerprint density at radius 3 is 2.86 bits per heavy atom. The number of benzene rings is 1. The molecular formula is C13H16FNO5S. The smallest absolute Gasteiger partial charge is 0.337 e. The van der Waals surface area contributed by atoms with Crippen molar-refractivity contribution in [2.75, 3.05) is 19.7 Å². The SMILES string of the molecule is CC1CN(S(=O)(=O)c2cc(F)ccc2C(=O)O)CCCO1. The number of nitrogens with zero attached hydrogens (tertiary/aromatic N) is 1. The van der Waals surface area contributed by atoms with Crippen LogP contribution in [0.3, 0.4) is 0 Å². The molecule has 0 aliphatic carbocycles. The fourth-order valence-corrected chi connectivity index (χ4v) is 3.95. The predicted molar refractivity (Wildman–Crippen MR) is 72.1 cm³/mol. The highest BCUT2D eigenvalue weighted by Crippen LogP contribution is 2.23. The van der Waals surface area contributed by atoms with Crippen molar-refractivity contribution in [3.8, 4) is 0 Å². The number of hydrogen-bond donors (Lipinski definition) is 1. The normalized spacial score (nSPS) is 21.0. The van der Waals surface area contributed by atoms with Gasteiger partial charge in [-0.15, -0.1) is 0 Å². The highest BCUT2D eigenvalue weighted by Gasteiger charge is 2.31. The molecule has 116 valence electrons. The van der Waals surface area contributed by atoms with Gasteiger partial charge >= 0.3 is 5.97 Å². The summed E-state index contributed by atoms with van der Waals surface area (Å²) < 4.78 is 45.1. The number of ether oxygens (including phenoxy) is 1. The zero-order valence-electron chi connectivity index (χ0n) is 11.5. The van der Waals surface area contributed by atoms with Gasteiger partial charge in [0.1, 0.15) is 5.82 Å². The van der Waals surface area contributed by atoms with Crippen LogP contribution in [0.15, 0.2) is 23.1 Å². The molecule has 0 saturated carbocycles. The third-order valence-electron chi connectivity index (χ3n) is 3.21. The van der Waals surface area contributed by atoms with Gasteiger partial charge in [0.15, 0.2) is 0 Å². The van der Waals surface area contributed by atoms with Gasteiger partial charge in [-0.3, -0.25) is 0 Å². The molecule has 0 bridgehead atoms. The van der Waals surface area contributed by atoms with E-state index in [1.165, 1.54) is 0 Å². The summed E-state index contributed by atoms with van der Waals surface area (Å²) in [6, 6.07) is 2.63. The van der Waals surface area contributed by atoms with Gasteiger partial charge in [0.25, 0.3) is 0 Å². The predicted octanol–water partition coefficient (Wildman–Crippen LogP) is 1.32. The Labute approximate surface area is 122 Å². The number of rotatable bonds is 3. The number of aromatic carboxylic acids is 1. The van der Waals surface area contributed by atoms with E-state index in [0.717, 1.165) is 22.5 Å². The second kappa shape index (κ2) is 6.08. The van der Waals surface area contributed by atoms with Crippen LogP contribution in [0.1, 0.15) is 23.7 Å². The zero-order chi connectivity index (χ0) is 15.6. The molecular weight excluding hydrogens is 301 g/mol. The number of carboxylic acid groups (broad SMARTS) is 1. The lowest BCUT2D eigenvalue weighted by molar-refractivity contribution is 0.0692. The van der Waals surface area contributed by atoms with E-state index in [4.69, 9.17) is 9.84 Å². The quantitative estimate of drug-likeness (QED) is 0.909. The maximum absolute atomic E-state index is 13.4. The Morgan fingerprint density at radius 2 is 2.19 bits per heavy atom. The van der Waals surface area contributed by atoms with Gasteiger partial charge in [0.2, 0.25) is 10.0 Å². The van der Waals surface area contributed by atoms with Crippen LogP contribution in [0.4, 0.5) is 4.39 Å². The topological polar surface area (TPSA) is 83.9 Å². The van der Waals surface area contributed by atoms with Crippen LogP contribution >= 0.6 is 0 Å². The Morgan fingerprint density at radius 1 is 1.48 bits per heavy atom. The fraction of sp³-hybridized carbons (Fsp3) is 0.462. The van der Waals surface area contributed by atoms with Gasteiger partial charge in [-0.1, -0.05) is 0 Å². The molecule has 1 aromatic carbocycles. The molecule has 1 saturated heterocycles. The molecule has 8 heteroatoms. The number of carbonyl (C=O) groups is 1. The highest BCUT2D eigenvalue weighted by molar-refractivity contribution is 7.89. The van der Waals surface area contributed by atoms with E-state index in [0.29, 0.717) is 13.0 Å². The molecule has 1 unspecified atom stereocenters. The highest BCUT2D eigenvalue weighted by atomic mass is 32.2. The van der Waals surface area contributed by atoms with E-state index >= 15 is 0 Å². The second-order valence-corrected chi connectivity index (χ2v) is 6.75. The summed E-state index contributed by atoms with van der Waals surface area (Å²) in [6.07, 6.45) is 0.200. The number of halogens is 1. The van der Waals surface area contributed by atoms with Crippen LogP contribution in [0, 0.1) is 5.82 Å². The minimum Gasteiger partial charge on any atom is -0.478 e. The first-order valence-electron chi connectivity index (χ1n) is 6.47. The first-order chi connectivity index (χ1) is 9.82. The average Bonchev–Trinajstić information content (AvgIpc) is 2.63. The van der Waals surface area contributed by atoms with Crippen LogP contribution in [0.2, 0.25) is 0 Å². The molecule has 1 fully saturated rings. The van der Waals surface area contributed by atoms with E-state index in [1.807, 2.05) is 0 Å². The summed E-state index contributed by atoms with van der Waals surface area (Å²) in [6.45, 7) is 2.49. The van der Waals surface area contributed by atoms with Crippen LogP contribution in [0.5, 0.6) is 0 Å². The Bertz CT molecular complexity index is 646. The molecule has 1 atom stereocenters. The van der Waals surface area contributed by atoms with Crippen molar-refractivity contribution < 1.29 is 27.4 Å². The summed E-state index contributed by atoms with van der Waals surface area (Å²) in [7, 11) is -4.08. The van der Waals surface area contributed by atoms with E-state index in [-0.39, 0.29) is 19.2 Å². The molecule has 1 aliphatic heterocycles. The summed E-state index contributed by atoms with van der Waals surface area (Å²) in [5, 5.41) is 9.10. The van der Waals surface area contributed by atoms with Gasteiger partial charge in [-0.2, -0.15) is 4.31 Å². The van der Waals surface area contributed by atoms with E-state index in [1.54, 1.807) is 6.92 Å². The van der Waals surface area contributed by atoms with Crippen LogP contribution < -0.4 is 0 Å². The Kier molecular flexibility index (Phi) is 4.60. The van der Waals surface area contributed by atoms with Crippen molar-refractivity contribution in [1.29, 1.82) is 0 Å². The molecule has 1 aromatic rings. The Hall–Kier alpha value is -1.51. The molecule has 1 aliphatic rings. The molecule has 1 N–H and O–H groups in total. The average molecular weight is 317 g/mol. The lowest BCUT2D eigenvalue weighted by Gasteiger charge is -2.22. The molecule has 0 radical (unpaired) electrons. The summed E-state index contributed by atoms with van der Waals surface area (Å²) >= 11 is 0. The lowest BCUT2D eigenvalue weighted by atomic mass is 10.2. The molecule has 21 heavy (non-hydrogen) atoms. The molecule has 2 rings (SSSR count). The van der Waals surface area contributed by atoms with Gasteiger partial charge in [-0.05, 0) is 31.5 Å². The van der Waals surface area contributed by atoms with E-state index in [2.05, 4.69) is 0 Å². The third kappa shape index (κ3) is 3.39. The van der Waals surface area contributed by atoms with Crippen molar-refractivity contribution in [2.45, 2.75) is 24.3 Å². The summed E-state index contributed by atoms with van der Waals surface area (Å²) in [4.78, 5) is 10.6. The lowest BCUT2D eigenvalue weighted by Crippen LogP contribution is -2.36. The van der Waals surface area contributed by atoms with Crippen molar-refractivity contribution >= 4 is 16.0 Å². The van der Waals surface area contributed by atoms with E-state index in [9.17, 15) is 17.6 Å². The first-order valence-corrected chi connectivity index (χ1v) is 7.91. The largest absolute Gasteiger partial charge is 0.478 e. The van der Waals surface area contributed by atoms with Gasteiger partial charge in [-0.25, -0.2) is 17.6 Å². The van der Waals surface area contributed by atoms with Crippen molar-refractivity contribution in [3.63, 3.8) is 0 Å². The van der Waals surface area contributed by atoms with Gasteiger partial charge in [0, 0.05) is 19.7 Å². The zero-order valence-corrected chi connectivity index (χ0v) is 12.3. The van der Waals surface area contributed by atoms with Crippen LogP contribution in [-0.4, -0.2) is 49.6 Å². The van der Waals surface area contributed by atoms with Gasteiger partial charge < -0.3 is 9.84 Å². The molecule has 6 nitrogen and oxygen atoms in total. The maximum Gasteiger partial charge on any atom is 0.337 e. The Balaban J connectivity index is 2.48. The minimum atomic E-state index is -4.08. The second-order valence-electron chi connectivity index (χ2n) is 4.84. The van der Waals surface area contributed by atoms with Crippen LogP contribution in [-0.2, 0) is 14.8 Å². The first kappa shape index (κ1) is 15.9. The fourth-order valence-electron chi connectivity index (χ4n) is 2.20. The molecule has 0 spiro atoms. The van der Waals surface area contributed by atoms with Crippen molar-refractivity contribution in [2.24, 2.45) is 0 Å².